The third kappa shape index (κ3) is 59.0. The van der Waals surface area contributed by atoms with E-state index in [1.165, 1.54) is 103 Å². The van der Waals surface area contributed by atoms with Gasteiger partial charge in [-0.1, -0.05) is 246 Å². The van der Waals surface area contributed by atoms with Crippen molar-refractivity contribution in [3.63, 3.8) is 0 Å². The van der Waals surface area contributed by atoms with Crippen LogP contribution in [-0.4, -0.2) is 37.2 Å². The second-order valence-corrected chi connectivity index (χ2v) is 20.2. The molecule has 0 spiro atoms. The molecule has 6 heteroatoms. The minimum Gasteiger partial charge on any atom is -0.462 e. The van der Waals surface area contributed by atoms with Gasteiger partial charge in [0.1, 0.15) is 13.2 Å². The third-order valence-electron chi connectivity index (χ3n) is 13.0. The first-order chi connectivity index (χ1) is 36.5. The molecule has 0 aromatic carbocycles. The normalized spacial score (nSPS) is 12.9. The molecule has 0 fully saturated rings. The molecule has 0 aliphatic carbocycles. The summed E-state index contributed by atoms with van der Waals surface area (Å²) in [6.07, 6.45) is 83.6. The first kappa shape index (κ1) is 70.1. The van der Waals surface area contributed by atoms with E-state index in [1.807, 2.05) is 0 Å². The van der Waals surface area contributed by atoms with Crippen LogP contribution in [0.2, 0.25) is 0 Å². The Kier molecular flexibility index (Phi) is 58.3. The van der Waals surface area contributed by atoms with Gasteiger partial charge in [0, 0.05) is 19.3 Å². The number of ether oxygens (including phenoxy) is 3. The molecule has 0 rings (SSSR count). The largest absolute Gasteiger partial charge is 0.462 e. The van der Waals surface area contributed by atoms with Crippen LogP contribution in [0, 0.1) is 0 Å². The van der Waals surface area contributed by atoms with E-state index < -0.39 is 6.10 Å². The highest BCUT2D eigenvalue weighted by molar-refractivity contribution is 5.71. The van der Waals surface area contributed by atoms with E-state index in [4.69, 9.17) is 14.2 Å². The van der Waals surface area contributed by atoms with E-state index in [1.54, 1.807) is 0 Å². The molecular weight excluding hydrogens is 913 g/mol. The zero-order valence-electron chi connectivity index (χ0n) is 48.3. The summed E-state index contributed by atoms with van der Waals surface area (Å²) in [5.74, 6) is -0.925. The molecule has 0 radical (unpaired) electrons. The quantitative estimate of drug-likeness (QED) is 0.0261. The van der Waals surface area contributed by atoms with E-state index in [0.29, 0.717) is 19.3 Å². The van der Waals surface area contributed by atoms with Crippen LogP contribution >= 0.6 is 0 Å². The predicted octanol–water partition coefficient (Wildman–Crippen LogP) is 21.0. The summed E-state index contributed by atoms with van der Waals surface area (Å²) in [5.41, 5.74) is 0. The Bertz CT molecular complexity index is 1510. The Morgan fingerprint density at radius 2 is 0.527 bits per heavy atom. The number of esters is 3. The summed E-state index contributed by atoms with van der Waals surface area (Å²) >= 11 is 0. The third-order valence-corrected chi connectivity index (χ3v) is 13.0. The van der Waals surface area contributed by atoms with Gasteiger partial charge in [0.25, 0.3) is 0 Å². The number of hydrogen-bond acceptors (Lipinski definition) is 6. The van der Waals surface area contributed by atoms with Gasteiger partial charge in [-0.05, 0) is 128 Å². The minimum atomic E-state index is -0.798. The average molecular weight is 1030 g/mol. The summed E-state index contributed by atoms with van der Waals surface area (Å²) in [4.78, 5) is 38.3. The number of hydrogen-bond donors (Lipinski definition) is 0. The van der Waals surface area contributed by atoms with Crippen LogP contribution in [0.1, 0.15) is 284 Å². The van der Waals surface area contributed by atoms with Gasteiger partial charge in [-0.25, -0.2) is 0 Å². The lowest BCUT2D eigenvalue weighted by Crippen LogP contribution is -2.30. The summed E-state index contributed by atoms with van der Waals surface area (Å²) < 4.78 is 16.9. The van der Waals surface area contributed by atoms with E-state index in [-0.39, 0.29) is 31.1 Å². The standard InChI is InChI=1S/C68H114O6/c1-4-7-10-13-16-19-22-25-28-31-33-34-36-37-40-43-46-49-52-55-58-61-67(70)73-64-65(63-72-66(69)60-57-54-51-48-45-42-39-30-27-24-21-18-15-12-9-6-3)74-68(71)62-59-56-53-50-47-44-41-38-35-32-29-26-23-20-17-14-11-8-5-2/h7,10,16-17,19-21,24-26,28-30,33-34,37,39-40,65H,4-6,8-9,11-15,18,22-23,27,31-32,35-36,38,41-64H2,1-3H3/b10-7-,19-16-,20-17-,24-21-,28-25-,29-26-,34-33-,39-30-,40-37-. The monoisotopic (exact) mass is 1030 g/mol. The molecule has 1 unspecified atom stereocenters. The van der Waals surface area contributed by atoms with Crippen LogP contribution < -0.4 is 0 Å². The van der Waals surface area contributed by atoms with Crippen molar-refractivity contribution in [3.8, 4) is 0 Å². The Balaban J connectivity index is 4.46. The second kappa shape index (κ2) is 61.6. The Hall–Kier alpha value is -3.93. The molecule has 0 saturated carbocycles. The molecule has 422 valence electrons. The van der Waals surface area contributed by atoms with Crippen LogP contribution in [0.3, 0.4) is 0 Å². The molecule has 0 aromatic rings. The van der Waals surface area contributed by atoms with Gasteiger partial charge < -0.3 is 14.2 Å². The van der Waals surface area contributed by atoms with Gasteiger partial charge in [-0.3, -0.25) is 14.4 Å². The van der Waals surface area contributed by atoms with Crippen molar-refractivity contribution >= 4 is 17.9 Å². The first-order valence-electron chi connectivity index (χ1n) is 30.9. The van der Waals surface area contributed by atoms with Gasteiger partial charge in [-0.2, -0.15) is 0 Å². The molecule has 0 aliphatic rings. The molecule has 0 aromatic heterocycles. The highest BCUT2D eigenvalue weighted by Crippen LogP contribution is 2.15. The van der Waals surface area contributed by atoms with E-state index >= 15 is 0 Å². The smallest absolute Gasteiger partial charge is 0.306 e. The maximum absolute atomic E-state index is 12.9. The van der Waals surface area contributed by atoms with Crippen molar-refractivity contribution in [1.29, 1.82) is 0 Å². The maximum atomic E-state index is 12.9. The first-order valence-corrected chi connectivity index (χ1v) is 30.9. The second-order valence-electron chi connectivity index (χ2n) is 20.2. The van der Waals surface area contributed by atoms with Crippen LogP contribution in [0.5, 0.6) is 0 Å². The van der Waals surface area contributed by atoms with Crippen molar-refractivity contribution in [2.45, 2.75) is 290 Å². The van der Waals surface area contributed by atoms with Crippen LogP contribution in [-0.2, 0) is 28.6 Å². The number of unbranched alkanes of at least 4 members (excludes halogenated alkanes) is 26. The molecule has 0 saturated heterocycles. The molecular formula is C68H114O6. The van der Waals surface area contributed by atoms with Crippen molar-refractivity contribution < 1.29 is 28.6 Å². The zero-order chi connectivity index (χ0) is 53.6. The number of rotatable bonds is 55. The number of carbonyl (C=O) groups is 3. The van der Waals surface area contributed by atoms with Crippen molar-refractivity contribution in [1.82, 2.24) is 0 Å². The Labute approximate surface area is 457 Å². The lowest BCUT2D eigenvalue weighted by atomic mass is 10.1. The summed E-state index contributed by atoms with van der Waals surface area (Å²) in [7, 11) is 0. The van der Waals surface area contributed by atoms with Gasteiger partial charge in [0.2, 0.25) is 0 Å². The highest BCUT2D eigenvalue weighted by atomic mass is 16.6. The predicted molar refractivity (Wildman–Crippen MR) is 320 cm³/mol. The lowest BCUT2D eigenvalue weighted by molar-refractivity contribution is -0.167. The molecule has 0 N–H and O–H groups in total. The summed E-state index contributed by atoms with van der Waals surface area (Å²) in [6, 6.07) is 0. The molecule has 0 aliphatic heterocycles. The molecule has 74 heavy (non-hydrogen) atoms. The Morgan fingerprint density at radius 3 is 0.851 bits per heavy atom. The summed E-state index contributed by atoms with van der Waals surface area (Å²) in [6.45, 7) is 6.47. The van der Waals surface area contributed by atoms with Gasteiger partial charge in [-0.15, -0.1) is 0 Å². The lowest BCUT2D eigenvalue weighted by Gasteiger charge is -2.18. The van der Waals surface area contributed by atoms with Crippen LogP contribution in [0.15, 0.2) is 109 Å². The minimum absolute atomic E-state index is 0.0943. The van der Waals surface area contributed by atoms with E-state index in [0.717, 1.165) is 141 Å². The van der Waals surface area contributed by atoms with E-state index in [2.05, 4.69) is 130 Å². The molecule has 0 bridgehead atoms. The van der Waals surface area contributed by atoms with Gasteiger partial charge in [0.15, 0.2) is 6.10 Å². The average Bonchev–Trinajstić information content (AvgIpc) is 3.40. The molecule has 1 atom stereocenters. The highest BCUT2D eigenvalue weighted by Gasteiger charge is 2.19. The zero-order valence-corrected chi connectivity index (χ0v) is 48.3. The van der Waals surface area contributed by atoms with Crippen molar-refractivity contribution in [2.24, 2.45) is 0 Å². The molecule has 0 amide bonds. The number of allylic oxidation sites excluding steroid dienone is 18. The summed E-state index contributed by atoms with van der Waals surface area (Å²) in [5, 5.41) is 0. The van der Waals surface area contributed by atoms with E-state index in [9.17, 15) is 14.4 Å². The molecule has 0 heterocycles. The SMILES string of the molecule is CC/C=C\C/C=C\C/C=C\C/C=C\C/C=C\CCCCCCCC(=O)OCC(COC(=O)CCCCCCC/C=C\C/C=C\CCCCCC)OC(=O)CCCCCCCCCCC/C=C\C/C=C\CCCCC. The van der Waals surface area contributed by atoms with Crippen LogP contribution in [0.4, 0.5) is 0 Å². The molecule has 6 nitrogen and oxygen atoms in total. The fourth-order valence-electron chi connectivity index (χ4n) is 8.35. The number of carbonyl (C=O) groups excluding carboxylic acids is 3. The van der Waals surface area contributed by atoms with Crippen LogP contribution in [0.25, 0.3) is 0 Å². The fourth-order valence-corrected chi connectivity index (χ4v) is 8.35. The maximum Gasteiger partial charge on any atom is 0.306 e. The van der Waals surface area contributed by atoms with Crippen molar-refractivity contribution in [2.75, 3.05) is 13.2 Å². The Morgan fingerprint density at radius 1 is 0.284 bits per heavy atom. The topological polar surface area (TPSA) is 78.9 Å². The van der Waals surface area contributed by atoms with Gasteiger partial charge >= 0.3 is 17.9 Å². The van der Waals surface area contributed by atoms with Gasteiger partial charge in [0.05, 0.1) is 0 Å². The van der Waals surface area contributed by atoms with Crippen molar-refractivity contribution in [3.05, 3.63) is 109 Å². The fraction of sp³-hybridized carbons (Fsp3) is 0.691.